The number of hydrogen-bond donors (Lipinski definition) is 4. The van der Waals surface area contributed by atoms with E-state index in [0.29, 0.717) is 0 Å². The number of hydrogen-bond acceptors (Lipinski definition) is 5. The predicted molar refractivity (Wildman–Crippen MR) is 125 cm³/mol. The van der Waals surface area contributed by atoms with E-state index in [2.05, 4.69) is 20.9 Å². The molecule has 2 amide bonds. The van der Waals surface area contributed by atoms with Gasteiger partial charge in [-0.05, 0) is 52.8 Å². The Morgan fingerprint density at radius 2 is 1.77 bits per heavy atom. The lowest BCUT2D eigenvalue weighted by Gasteiger charge is -2.20. The summed E-state index contributed by atoms with van der Waals surface area (Å²) >= 11 is 0. The van der Waals surface area contributed by atoms with E-state index in [1.54, 1.807) is 20.8 Å². The molecular formula is C23H26F4N4O4. The fourth-order valence-corrected chi connectivity index (χ4v) is 3.36. The number of halogens is 4. The Kier molecular flexibility index (Phi) is 7.99. The molecule has 1 aliphatic rings. The fourth-order valence-electron chi connectivity index (χ4n) is 3.36. The van der Waals surface area contributed by atoms with Gasteiger partial charge in [0, 0.05) is 18.3 Å². The van der Waals surface area contributed by atoms with Gasteiger partial charge in [-0.2, -0.15) is 13.2 Å². The van der Waals surface area contributed by atoms with Gasteiger partial charge in [-0.1, -0.05) is 0 Å². The Morgan fingerprint density at radius 1 is 1.17 bits per heavy atom. The van der Waals surface area contributed by atoms with E-state index >= 15 is 0 Å². The van der Waals surface area contributed by atoms with Crippen molar-refractivity contribution in [3.8, 4) is 0 Å². The van der Waals surface area contributed by atoms with Gasteiger partial charge in [0.05, 0.1) is 28.3 Å². The highest BCUT2D eigenvalue weighted by Gasteiger charge is 2.40. The number of carbonyl (C=O) groups is 3. The summed E-state index contributed by atoms with van der Waals surface area (Å²) in [5, 5.41) is 7.39. The first-order chi connectivity index (χ1) is 16.1. The number of alkyl halides is 3. The molecule has 4 N–H and O–H groups in total. The number of aldehydes is 1. The van der Waals surface area contributed by atoms with E-state index in [4.69, 9.17) is 9.53 Å². The molecule has 0 spiro atoms. The van der Waals surface area contributed by atoms with E-state index in [-0.39, 0.29) is 28.2 Å². The van der Waals surface area contributed by atoms with Crippen molar-refractivity contribution in [2.24, 2.45) is 0 Å². The van der Waals surface area contributed by atoms with E-state index < -0.39 is 46.5 Å². The maximum absolute atomic E-state index is 14.0. The number of amides is 2. The molecule has 190 valence electrons. The third-order valence-corrected chi connectivity index (χ3v) is 4.56. The van der Waals surface area contributed by atoms with Crippen molar-refractivity contribution in [2.45, 2.75) is 46.4 Å². The Balaban J connectivity index is 0.00000137. The van der Waals surface area contributed by atoms with E-state index in [9.17, 15) is 27.2 Å². The minimum absolute atomic E-state index is 0.00354. The summed E-state index contributed by atoms with van der Waals surface area (Å²) in [6.07, 6.45) is -4.21. The monoisotopic (exact) mass is 498 g/mol. The zero-order chi connectivity index (χ0) is 26.7. The Bertz CT molecular complexity index is 1180. The molecule has 0 fully saturated rings. The van der Waals surface area contributed by atoms with Gasteiger partial charge in [-0.25, -0.2) is 9.18 Å². The average molecular weight is 498 g/mol. The van der Waals surface area contributed by atoms with Crippen LogP contribution in [0.3, 0.4) is 0 Å². The normalized spacial score (nSPS) is 14.0. The standard InChI is InChI=1S/C21H22F4N4O3.C2H4O/c1-9-16(29-19(31)32-20(2,3)4)15(21(23,24)25)13(27-9)8-12-11-6-10(22)7-14(26-5)17(11)28-18(12)30;1-2-3/h6-8,26-27H,1-5H3,(H,28,30)(H,29,31);2H,1H3/b12-8-;. The molecule has 1 aromatic heterocycles. The lowest BCUT2D eigenvalue weighted by atomic mass is 10.0. The third kappa shape index (κ3) is 6.40. The molecule has 0 radical (unpaired) electrons. The minimum Gasteiger partial charge on any atom is -0.444 e. The molecule has 0 saturated heterocycles. The summed E-state index contributed by atoms with van der Waals surface area (Å²) in [5.41, 5.74) is -2.59. The van der Waals surface area contributed by atoms with Crippen molar-refractivity contribution in [2.75, 3.05) is 23.0 Å². The third-order valence-electron chi connectivity index (χ3n) is 4.56. The highest BCUT2D eigenvalue weighted by molar-refractivity contribution is 6.36. The lowest BCUT2D eigenvalue weighted by Crippen LogP contribution is -2.28. The number of rotatable bonds is 3. The van der Waals surface area contributed by atoms with Crippen LogP contribution in [-0.4, -0.2) is 35.9 Å². The molecule has 35 heavy (non-hydrogen) atoms. The predicted octanol–water partition coefficient (Wildman–Crippen LogP) is 5.57. The van der Waals surface area contributed by atoms with Crippen molar-refractivity contribution in [1.29, 1.82) is 0 Å². The van der Waals surface area contributed by atoms with E-state index in [1.807, 2.05) is 0 Å². The number of fused-ring (bicyclic) bond motifs is 1. The second-order valence-electron chi connectivity index (χ2n) is 8.41. The Hall–Kier alpha value is -3.83. The van der Waals surface area contributed by atoms with Gasteiger partial charge in [-0.15, -0.1) is 0 Å². The first kappa shape index (κ1) is 27.4. The molecule has 3 rings (SSSR count). The van der Waals surface area contributed by atoms with Crippen LogP contribution in [-0.2, 0) is 20.5 Å². The van der Waals surface area contributed by atoms with Crippen molar-refractivity contribution in [1.82, 2.24) is 4.98 Å². The first-order valence-electron chi connectivity index (χ1n) is 10.4. The van der Waals surface area contributed by atoms with Crippen molar-refractivity contribution >= 4 is 47.0 Å². The zero-order valence-corrected chi connectivity index (χ0v) is 20.0. The number of H-pyrrole nitrogens is 1. The number of carbonyl (C=O) groups excluding carboxylic acids is 3. The maximum atomic E-state index is 14.0. The minimum atomic E-state index is -4.88. The number of aromatic nitrogens is 1. The SMILES string of the molecule is CC=O.CNc1cc(F)cc2c1NC(=O)/C2=C\c1[nH]c(C)c(NC(=O)OC(C)(C)C)c1C(F)(F)F. The number of nitrogens with one attached hydrogen (secondary N) is 4. The van der Waals surface area contributed by atoms with Crippen LogP contribution in [0.15, 0.2) is 12.1 Å². The van der Waals surface area contributed by atoms with Crippen LogP contribution in [0.5, 0.6) is 0 Å². The van der Waals surface area contributed by atoms with Crippen LogP contribution in [0, 0.1) is 12.7 Å². The molecule has 0 unspecified atom stereocenters. The number of aromatic amines is 1. The molecular weight excluding hydrogens is 472 g/mol. The van der Waals surface area contributed by atoms with Crippen molar-refractivity contribution in [3.63, 3.8) is 0 Å². The Morgan fingerprint density at radius 3 is 2.29 bits per heavy atom. The summed E-state index contributed by atoms with van der Waals surface area (Å²) in [6.45, 7) is 7.51. The molecule has 2 heterocycles. The lowest BCUT2D eigenvalue weighted by molar-refractivity contribution is -0.137. The largest absolute Gasteiger partial charge is 0.444 e. The molecule has 0 bridgehead atoms. The highest BCUT2D eigenvalue weighted by atomic mass is 19.4. The first-order valence-corrected chi connectivity index (χ1v) is 10.4. The summed E-state index contributed by atoms with van der Waals surface area (Å²) in [7, 11) is 1.52. The maximum Gasteiger partial charge on any atom is 0.420 e. The van der Waals surface area contributed by atoms with Crippen LogP contribution < -0.4 is 16.0 Å². The van der Waals surface area contributed by atoms with Crippen molar-refractivity contribution < 1.29 is 36.7 Å². The number of anilines is 3. The van der Waals surface area contributed by atoms with Crippen LogP contribution in [0.2, 0.25) is 0 Å². The molecule has 0 atom stereocenters. The second kappa shape index (κ2) is 10.2. The van der Waals surface area contributed by atoms with Gasteiger partial charge >= 0.3 is 12.3 Å². The summed E-state index contributed by atoms with van der Waals surface area (Å²) in [4.78, 5) is 35.9. The molecule has 12 heteroatoms. The second-order valence-corrected chi connectivity index (χ2v) is 8.41. The number of aryl methyl sites for hydroxylation is 1. The van der Waals surface area contributed by atoms with E-state index in [1.165, 1.54) is 20.9 Å². The van der Waals surface area contributed by atoms with E-state index in [0.717, 1.165) is 24.5 Å². The quantitative estimate of drug-likeness (QED) is 0.251. The van der Waals surface area contributed by atoms with Gasteiger partial charge in [0.25, 0.3) is 5.91 Å². The molecule has 2 aromatic rings. The summed E-state index contributed by atoms with van der Waals surface area (Å²) in [6, 6.07) is 2.22. The Labute approximate surface area is 199 Å². The van der Waals surface area contributed by atoms with Gasteiger partial charge in [0.1, 0.15) is 23.3 Å². The topological polar surface area (TPSA) is 112 Å². The zero-order valence-electron chi connectivity index (χ0n) is 20.0. The molecule has 0 aliphatic carbocycles. The van der Waals surface area contributed by atoms with Crippen LogP contribution in [0.4, 0.5) is 39.4 Å². The number of ether oxygens (including phenoxy) is 1. The summed E-state index contributed by atoms with van der Waals surface area (Å²) in [5.74, 6) is -1.36. The molecule has 8 nitrogen and oxygen atoms in total. The smallest absolute Gasteiger partial charge is 0.420 e. The van der Waals surface area contributed by atoms with Crippen molar-refractivity contribution in [3.05, 3.63) is 40.5 Å². The molecule has 1 aliphatic heterocycles. The van der Waals surface area contributed by atoms with Crippen LogP contribution in [0.25, 0.3) is 11.6 Å². The van der Waals surface area contributed by atoms with Gasteiger partial charge in [0.15, 0.2) is 0 Å². The molecule has 0 saturated carbocycles. The number of benzene rings is 1. The average Bonchev–Trinajstić information content (AvgIpc) is 3.17. The summed E-state index contributed by atoms with van der Waals surface area (Å²) < 4.78 is 60.9. The van der Waals surface area contributed by atoms with Gasteiger partial charge in [-0.3, -0.25) is 10.1 Å². The fraction of sp³-hybridized carbons (Fsp3) is 0.348. The van der Waals surface area contributed by atoms with Crippen LogP contribution in [0.1, 0.15) is 50.2 Å². The van der Waals surface area contributed by atoms with Gasteiger partial charge < -0.3 is 25.1 Å². The molecule has 1 aromatic carbocycles. The highest BCUT2D eigenvalue weighted by Crippen LogP contribution is 2.43. The van der Waals surface area contributed by atoms with Gasteiger partial charge in [0.2, 0.25) is 0 Å². The van der Waals surface area contributed by atoms with Crippen LogP contribution >= 0.6 is 0 Å².